The van der Waals surface area contributed by atoms with Crippen LogP contribution in [0.15, 0.2) is 0 Å². The molecular weight excluding hydrogens is 1220 g/mol. The van der Waals surface area contributed by atoms with Gasteiger partial charge >= 0.3 is 39.5 Å². The zero-order valence-electron chi connectivity index (χ0n) is 60.9. The van der Waals surface area contributed by atoms with Crippen LogP contribution >= 0.6 is 15.6 Å². The third kappa shape index (κ3) is 68.4. The Morgan fingerprint density at radius 2 is 0.452 bits per heavy atom. The van der Waals surface area contributed by atoms with E-state index in [2.05, 4.69) is 55.4 Å². The van der Waals surface area contributed by atoms with Crippen LogP contribution in [0.25, 0.3) is 0 Å². The zero-order valence-corrected chi connectivity index (χ0v) is 62.7. The standard InChI is InChI=1S/C74H144O17P2/c1-64(2)50-42-34-26-21-17-13-11-9-10-12-14-19-23-29-38-46-54-71(76)84-61-70(91-74(79)57-49-41-33-32-37-45-53-67(7)8)63-89-93(82,83)87-59-68(75)58-86-92(80,81)88-62-69(60-85-72(77)55-47-39-31-25-28-36-44-52-66(5)6)90-73(78)56-48-40-30-24-20-16-15-18-22-27-35-43-51-65(3)4/h64-70,75H,9-63H2,1-8H3,(H,80,81)(H,82,83)/t68?,69-,70-/m1/s1. The summed E-state index contributed by atoms with van der Waals surface area (Å²) < 4.78 is 68.4. The monoisotopic (exact) mass is 1370 g/mol. The van der Waals surface area contributed by atoms with Gasteiger partial charge in [-0.25, -0.2) is 9.13 Å². The lowest BCUT2D eigenvalue weighted by Crippen LogP contribution is -2.30. The van der Waals surface area contributed by atoms with Gasteiger partial charge in [0.25, 0.3) is 0 Å². The molecule has 0 radical (unpaired) electrons. The SMILES string of the molecule is CC(C)CCCCCCCCCCCCCCCCCCC(=O)OC[C@H](COP(=O)(O)OCC(O)COP(=O)(O)OC[C@@H](COC(=O)CCCCCCCCCC(C)C)OC(=O)CCCCCCCCCCCCCCC(C)C)OC(=O)CCCCCCCCC(C)C. The van der Waals surface area contributed by atoms with Crippen LogP contribution in [0.3, 0.4) is 0 Å². The maximum absolute atomic E-state index is 13.0. The van der Waals surface area contributed by atoms with Crippen molar-refractivity contribution in [3.8, 4) is 0 Å². The minimum atomic E-state index is -4.95. The fourth-order valence-electron chi connectivity index (χ4n) is 11.2. The largest absolute Gasteiger partial charge is 0.472 e. The molecule has 5 atom stereocenters. The van der Waals surface area contributed by atoms with E-state index >= 15 is 0 Å². The molecule has 0 heterocycles. The number of esters is 4. The maximum Gasteiger partial charge on any atom is 0.472 e. The van der Waals surface area contributed by atoms with Crippen LogP contribution in [0.4, 0.5) is 0 Å². The fourth-order valence-corrected chi connectivity index (χ4v) is 12.8. The Kier molecular flexibility index (Phi) is 62.2. The first-order valence-corrected chi connectivity index (χ1v) is 41.2. The van der Waals surface area contributed by atoms with Crippen molar-refractivity contribution >= 4 is 39.5 Å². The first kappa shape index (κ1) is 91.1. The molecule has 0 rings (SSSR count). The van der Waals surface area contributed by atoms with E-state index in [1.54, 1.807) is 0 Å². The van der Waals surface area contributed by atoms with Crippen molar-refractivity contribution in [1.29, 1.82) is 0 Å². The molecule has 0 spiro atoms. The number of phosphoric acid groups is 2. The minimum Gasteiger partial charge on any atom is -0.462 e. The van der Waals surface area contributed by atoms with Crippen molar-refractivity contribution < 1.29 is 80.2 Å². The molecular formula is C74H144O17P2. The topological polar surface area (TPSA) is 237 Å². The molecule has 0 aromatic rings. The Morgan fingerprint density at radius 1 is 0.269 bits per heavy atom. The van der Waals surface area contributed by atoms with E-state index in [0.717, 1.165) is 108 Å². The van der Waals surface area contributed by atoms with Crippen molar-refractivity contribution in [2.45, 2.75) is 388 Å². The van der Waals surface area contributed by atoms with Gasteiger partial charge in [0.1, 0.15) is 19.3 Å². The molecule has 0 aromatic heterocycles. The number of phosphoric ester groups is 2. The van der Waals surface area contributed by atoms with Gasteiger partial charge in [0.05, 0.1) is 26.4 Å². The highest BCUT2D eigenvalue weighted by Gasteiger charge is 2.30. The summed E-state index contributed by atoms with van der Waals surface area (Å²) in [5, 5.41) is 10.6. The van der Waals surface area contributed by atoms with Crippen LogP contribution in [0.1, 0.15) is 370 Å². The number of carbonyl (C=O) groups excluding carboxylic acids is 4. The first-order chi connectivity index (χ1) is 44.6. The molecule has 0 aromatic carbocycles. The van der Waals surface area contributed by atoms with E-state index in [4.69, 9.17) is 37.0 Å². The van der Waals surface area contributed by atoms with Crippen LogP contribution in [0, 0.1) is 23.7 Å². The van der Waals surface area contributed by atoms with Crippen molar-refractivity contribution in [2.24, 2.45) is 23.7 Å². The van der Waals surface area contributed by atoms with Gasteiger partial charge in [-0.2, -0.15) is 0 Å². The summed E-state index contributed by atoms with van der Waals surface area (Å²) in [6.45, 7) is 14.1. The molecule has 93 heavy (non-hydrogen) atoms. The lowest BCUT2D eigenvalue weighted by atomic mass is 10.0. The zero-order chi connectivity index (χ0) is 68.9. The van der Waals surface area contributed by atoms with Gasteiger partial charge in [-0.15, -0.1) is 0 Å². The van der Waals surface area contributed by atoms with Crippen LogP contribution < -0.4 is 0 Å². The molecule has 0 amide bonds. The predicted octanol–water partition coefficient (Wildman–Crippen LogP) is 21.3. The van der Waals surface area contributed by atoms with Gasteiger partial charge in [0.2, 0.25) is 0 Å². The molecule has 17 nitrogen and oxygen atoms in total. The number of ether oxygens (including phenoxy) is 4. The summed E-state index contributed by atoms with van der Waals surface area (Å²) in [7, 11) is -9.91. The van der Waals surface area contributed by atoms with E-state index in [-0.39, 0.29) is 25.7 Å². The molecule has 0 aliphatic heterocycles. The summed E-state index contributed by atoms with van der Waals surface area (Å²) in [6, 6.07) is 0. The molecule has 552 valence electrons. The summed E-state index contributed by atoms with van der Waals surface area (Å²) in [5.74, 6) is 0.834. The van der Waals surface area contributed by atoms with Crippen molar-refractivity contribution in [1.82, 2.24) is 0 Å². The lowest BCUT2D eigenvalue weighted by Gasteiger charge is -2.21. The van der Waals surface area contributed by atoms with E-state index in [0.29, 0.717) is 37.5 Å². The maximum atomic E-state index is 13.0. The van der Waals surface area contributed by atoms with Gasteiger partial charge in [0, 0.05) is 25.7 Å². The number of unbranched alkanes of at least 4 members (excludes halogenated alkanes) is 37. The van der Waals surface area contributed by atoms with Crippen LogP contribution in [-0.2, 0) is 65.4 Å². The Labute approximate surface area is 568 Å². The molecule has 0 bridgehead atoms. The highest BCUT2D eigenvalue weighted by molar-refractivity contribution is 7.47. The van der Waals surface area contributed by atoms with Gasteiger partial charge in [-0.05, 0) is 49.4 Å². The molecule has 0 fully saturated rings. The number of carbonyl (C=O) groups is 4. The Bertz CT molecular complexity index is 1830. The quantitative estimate of drug-likeness (QED) is 0.0222. The van der Waals surface area contributed by atoms with E-state index in [1.807, 2.05) is 0 Å². The normalized spacial score (nSPS) is 14.2. The summed E-state index contributed by atoms with van der Waals surface area (Å²) in [4.78, 5) is 72.6. The second-order valence-corrected chi connectivity index (χ2v) is 31.5. The van der Waals surface area contributed by atoms with Crippen LogP contribution in [0.5, 0.6) is 0 Å². The second kappa shape index (κ2) is 63.5. The van der Waals surface area contributed by atoms with Crippen LogP contribution in [-0.4, -0.2) is 96.7 Å². The number of aliphatic hydroxyl groups is 1. The molecule has 0 saturated heterocycles. The van der Waals surface area contributed by atoms with E-state index in [9.17, 15) is 43.2 Å². The van der Waals surface area contributed by atoms with Crippen molar-refractivity contribution in [3.63, 3.8) is 0 Å². The van der Waals surface area contributed by atoms with Gasteiger partial charge in [-0.3, -0.25) is 37.3 Å². The van der Waals surface area contributed by atoms with Gasteiger partial charge in [0.15, 0.2) is 12.2 Å². The molecule has 19 heteroatoms. The summed E-state index contributed by atoms with van der Waals surface area (Å²) in [6.07, 6.45) is 47.5. The molecule has 0 aliphatic rings. The molecule has 3 N–H and O–H groups in total. The number of aliphatic hydroxyl groups excluding tert-OH is 1. The predicted molar refractivity (Wildman–Crippen MR) is 377 cm³/mol. The van der Waals surface area contributed by atoms with Gasteiger partial charge < -0.3 is 33.8 Å². The van der Waals surface area contributed by atoms with E-state index in [1.165, 1.54) is 167 Å². The Hall–Kier alpha value is -1.94. The first-order valence-electron chi connectivity index (χ1n) is 38.2. The highest BCUT2D eigenvalue weighted by atomic mass is 31.2. The smallest absolute Gasteiger partial charge is 0.462 e. The minimum absolute atomic E-state index is 0.102. The molecule has 0 saturated carbocycles. The number of hydrogen-bond acceptors (Lipinski definition) is 15. The summed E-state index contributed by atoms with van der Waals surface area (Å²) >= 11 is 0. The van der Waals surface area contributed by atoms with Crippen molar-refractivity contribution in [2.75, 3.05) is 39.6 Å². The third-order valence-corrected chi connectivity index (χ3v) is 19.0. The third-order valence-electron chi connectivity index (χ3n) is 17.1. The number of rotatable bonds is 71. The number of hydrogen-bond donors (Lipinski definition) is 3. The fraction of sp³-hybridized carbons (Fsp3) is 0.946. The average molecular weight is 1370 g/mol. The Morgan fingerprint density at radius 3 is 0.667 bits per heavy atom. The average Bonchev–Trinajstić information content (AvgIpc) is 2.97. The molecule has 0 aliphatic carbocycles. The second-order valence-electron chi connectivity index (χ2n) is 28.6. The van der Waals surface area contributed by atoms with Gasteiger partial charge in [-0.1, -0.05) is 319 Å². The van der Waals surface area contributed by atoms with E-state index < -0.39 is 97.5 Å². The molecule has 3 unspecified atom stereocenters. The highest BCUT2D eigenvalue weighted by Crippen LogP contribution is 2.45. The Balaban J connectivity index is 5.16. The summed E-state index contributed by atoms with van der Waals surface area (Å²) in [5.41, 5.74) is 0. The lowest BCUT2D eigenvalue weighted by molar-refractivity contribution is -0.161. The van der Waals surface area contributed by atoms with Crippen LogP contribution in [0.2, 0.25) is 0 Å². The van der Waals surface area contributed by atoms with Crippen molar-refractivity contribution in [3.05, 3.63) is 0 Å².